The third-order valence-electron chi connectivity index (χ3n) is 2.37. The van der Waals surface area contributed by atoms with Gasteiger partial charge in [-0.2, -0.15) is 0 Å². The summed E-state index contributed by atoms with van der Waals surface area (Å²) in [5.74, 6) is -4.23. The van der Waals surface area contributed by atoms with E-state index in [2.05, 4.69) is 15.9 Å². The molecule has 2 aromatic carbocycles. The number of rotatable bonds is 2. The van der Waals surface area contributed by atoms with Crippen molar-refractivity contribution in [1.82, 2.24) is 0 Å². The highest BCUT2D eigenvalue weighted by atomic mass is 79.9. The second kappa shape index (κ2) is 5.85. The molecule has 0 bridgehead atoms. The van der Waals surface area contributed by atoms with Gasteiger partial charge in [0.2, 0.25) is 0 Å². The van der Waals surface area contributed by atoms with Crippen molar-refractivity contribution in [2.75, 3.05) is 5.32 Å². The van der Waals surface area contributed by atoms with E-state index in [9.17, 15) is 18.0 Å². The lowest BCUT2D eigenvalue weighted by molar-refractivity contribution is 0.102. The summed E-state index contributed by atoms with van der Waals surface area (Å²) in [6.45, 7) is 0. The second-order valence-corrected chi connectivity index (χ2v) is 5.21. The minimum absolute atomic E-state index is 0.104. The summed E-state index contributed by atoms with van der Waals surface area (Å²) in [7, 11) is 0. The maximum Gasteiger partial charge on any atom is 0.255 e. The van der Waals surface area contributed by atoms with Crippen molar-refractivity contribution in [2.45, 2.75) is 0 Å². The van der Waals surface area contributed by atoms with E-state index in [1.807, 2.05) is 5.32 Å². The van der Waals surface area contributed by atoms with Crippen molar-refractivity contribution in [3.8, 4) is 0 Å². The predicted molar refractivity (Wildman–Crippen MR) is 73.4 cm³/mol. The molecule has 2 nitrogen and oxygen atoms in total. The number of hydrogen-bond acceptors (Lipinski definition) is 1. The summed E-state index contributed by atoms with van der Waals surface area (Å²) >= 11 is 8.92. The molecule has 0 fully saturated rings. The van der Waals surface area contributed by atoms with Crippen LogP contribution < -0.4 is 5.32 Å². The molecule has 0 aliphatic carbocycles. The van der Waals surface area contributed by atoms with E-state index in [0.717, 1.165) is 0 Å². The monoisotopic (exact) mass is 363 g/mol. The summed E-state index contributed by atoms with van der Waals surface area (Å²) in [6, 6.07) is 5.28. The first-order chi connectivity index (χ1) is 9.36. The Bertz CT molecular complexity index is 650. The molecule has 2 rings (SSSR count). The number of carbonyl (C=O) groups excluding carboxylic acids is 1. The van der Waals surface area contributed by atoms with Gasteiger partial charge in [0.05, 0.1) is 0 Å². The Morgan fingerprint density at radius 1 is 1.05 bits per heavy atom. The number of carbonyl (C=O) groups is 1. The van der Waals surface area contributed by atoms with Gasteiger partial charge in [0, 0.05) is 27.2 Å². The fourth-order valence-electron chi connectivity index (χ4n) is 1.53. The third-order valence-corrected chi connectivity index (χ3v) is 3.05. The molecule has 0 radical (unpaired) electrons. The lowest BCUT2D eigenvalue weighted by Crippen LogP contribution is -2.14. The second-order valence-electron chi connectivity index (χ2n) is 3.86. The lowest BCUT2D eigenvalue weighted by atomic mass is 10.2. The first-order valence-corrected chi connectivity index (χ1v) is 6.46. The van der Waals surface area contributed by atoms with Crippen molar-refractivity contribution in [3.63, 3.8) is 0 Å². The van der Waals surface area contributed by atoms with Crippen LogP contribution in [0, 0.1) is 17.5 Å². The van der Waals surface area contributed by atoms with Gasteiger partial charge >= 0.3 is 0 Å². The van der Waals surface area contributed by atoms with Gasteiger partial charge in [0.15, 0.2) is 11.6 Å². The molecule has 0 atom stereocenters. The van der Waals surface area contributed by atoms with Gasteiger partial charge < -0.3 is 5.32 Å². The number of halogens is 5. The molecule has 2 aromatic rings. The Labute approximate surface area is 125 Å². The molecule has 20 heavy (non-hydrogen) atoms. The van der Waals surface area contributed by atoms with Crippen LogP contribution in [0.1, 0.15) is 10.4 Å². The largest absolute Gasteiger partial charge is 0.317 e. The Morgan fingerprint density at radius 2 is 1.65 bits per heavy atom. The number of anilines is 1. The van der Waals surface area contributed by atoms with Crippen LogP contribution in [0.25, 0.3) is 0 Å². The Balaban J connectivity index is 2.32. The lowest BCUT2D eigenvalue weighted by Gasteiger charge is -2.08. The maximum atomic E-state index is 13.4. The summed E-state index contributed by atoms with van der Waals surface area (Å²) in [4.78, 5) is 11.9. The van der Waals surface area contributed by atoms with E-state index in [-0.39, 0.29) is 10.6 Å². The standard InChI is InChI=1S/C13H6BrClF3NO/c14-7-1-6(2-8(15)3-7)13(20)19-12-10(17)4-9(16)5-11(12)18/h1-5H,(H,19,20). The Morgan fingerprint density at radius 3 is 2.20 bits per heavy atom. The quantitative estimate of drug-likeness (QED) is 0.817. The number of amides is 1. The van der Waals surface area contributed by atoms with E-state index in [1.165, 1.54) is 12.1 Å². The number of hydrogen-bond donors (Lipinski definition) is 1. The van der Waals surface area contributed by atoms with Gasteiger partial charge in [-0.15, -0.1) is 0 Å². The minimum Gasteiger partial charge on any atom is -0.317 e. The molecule has 0 aromatic heterocycles. The molecule has 0 spiro atoms. The van der Waals surface area contributed by atoms with Gasteiger partial charge in [-0.05, 0) is 18.2 Å². The van der Waals surface area contributed by atoms with Crippen LogP contribution in [0.5, 0.6) is 0 Å². The molecular weight excluding hydrogens is 358 g/mol. The van der Waals surface area contributed by atoms with E-state index in [0.29, 0.717) is 16.6 Å². The topological polar surface area (TPSA) is 29.1 Å². The predicted octanol–water partition coefficient (Wildman–Crippen LogP) is 4.77. The molecule has 0 unspecified atom stereocenters. The highest BCUT2D eigenvalue weighted by Crippen LogP contribution is 2.23. The van der Waals surface area contributed by atoms with Gasteiger partial charge in [0.1, 0.15) is 11.5 Å². The van der Waals surface area contributed by atoms with Gasteiger partial charge in [-0.25, -0.2) is 13.2 Å². The van der Waals surface area contributed by atoms with Crippen LogP contribution in [0.4, 0.5) is 18.9 Å². The molecule has 0 saturated heterocycles. The first kappa shape index (κ1) is 14.9. The van der Waals surface area contributed by atoms with Gasteiger partial charge in [-0.3, -0.25) is 4.79 Å². The van der Waals surface area contributed by atoms with Crippen LogP contribution in [-0.4, -0.2) is 5.91 Å². The van der Waals surface area contributed by atoms with Crippen molar-refractivity contribution >= 4 is 39.1 Å². The normalized spacial score (nSPS) is 10.4. The van der Waals surface area contributed by atoms with E-state index in [4.69, 9.17) is 11.6 Å². The fraction of sp³-hybridized carbons (Fsp3) is 0. The SMILES string of the molecule is O=C(Nc1c(F)cc(F)cc1F)c1cc(Cl)cc(Br)c1. The summed E-state index contributed by atoms with van der Waals surface area (Å²) < 4.78 is 40.1. The van der Waals surface area contributed by atoms with Crippen molar-refractivity contribution < 1.29 is 18.0 Å². The third kappa shape index (κ3) is 3.32. The van der Waals surface area contributed by atoms with Crippen LogP contribution in [0.2, 0.25) is 5.02 Å². The fourth-order valence-corrected chi connectivity index (χ4v) is 2.39. The molecule has 0 heterocycles. The minimum atomic E-state index is -1.20. The summed E-state index contributed by atoms with van der Waals surface area (Å²) in [5.41, 5.74) is -0.611. The van der Waals surface area contributed by atoms with Crippen molar-refractivity contribution in [1.29, 1.82) is 0 Å². The zero-order valence-corrected chi connectivity index (χ0v) is 12.0. The number of benzene rings is 2. The Kier molecular flexibility index (Phi) is 4.35. The smallest absolute Gasteiger partial charge is 0.255 e. The van der Waals surface area contributed by atoms with E-state index < -0.39 is 29.0 Å². The molecule has 7 heteroatoms. The molecule has 1 N–H and O–H groups in total. The number of nitrogens with one attached hydrogen (secondary N) is 1. The zero-order valence-electron chi connectivity index (χ0n) is 9.68. The van der Waals surface area contributed by atoms with E-state index >= 15 is 0 Å². The van der Waals surface area contributed by atoms with Crippen molar-refractivity contribution in [3.05, 3.63) is 62.8 Å². The maximum absolute atomic E-state index is 13.4. The molecule has 0 aliphatic heterocycles. The highest BCUT2D eigenvalue weighted by molar-refractivity contribution is 9.10. The first-order valence-electron chi connectivity index (χ1n) is 5.29. The molecule has 1 amide bonds. The van der Waals surface area contributed by atoms with Gasteiger partial charge in [-0.1, -0.05) is 27.5 Å². The summed E-state index contributed by atoms with van der Waals surface area (Å²) in [6.07, 6.45) is 0. The van der Waals surface area contributed by atoms with Crippen LogP contribution >= 0.6 is 27.5 Å². The average Bonchev–Trinajstić information content (AvgIpc) is 2.32. The van der Waals surface area contributed by atoms with E-state index in [1.54, 1.807) is 6.07 Å². The van der Waals surface area contributed by atoms with Crippen LogP contribution in [-0.2, 0) is 0 Å². The average molecular weight is 365 g/mol. The zero-order chi connectivity index (χ0) is 14.9. The summed E-state index contributed by atoms with van der Waals surface area (Å²) in [5, 5.41) is 2.32. The van der Waals surface area contributed by atoms with Crippen LogP contribution in [0.15, 0.2) is 34.8 Å². The van der Waals surface area contributed by atoms with Gasteiger partial charge in [0.25, 0.3) is 5.91 Å². The Hall–Kier alpha value is -1.53. The molecule has 0 aliphatic rings. The molecule has 0 saturated carbocycles. The highest BCUT2D eigenvalue weighted by Gasteiger charge is 2.16. The molecular formula is C13H6BrClF3NO. The van der Waals surface area contributed by atoms with Crippen molar-refractivity contribution in [2.24, 2.45) is 0 Å². The van der Waals surface area contributed by atoms with Crippen LogP contribution in [0.3, 0.4) is 0 Å². The molecule has 104 valence electrons.